The van der Waals surface area contributed by atoms with Gasteiger partial charge < -0.3 is 14.5 Å². The van der Waals surface area contributed by atoms with Crippen LogP contribution in [0.25, 0.3) is 0 Å². The van der Waals surface area contributed by atoms with Gasteiger partial charge in [-0.15, -0.1) is 0 Å². The molecule has 39 heavy (non-hydrogen) atoms. The number of hydrogen-bond acceptors (Lipinski definition) is 6. The van der Waals surface area contributed by atoms with Crippen molar-refractivity contribution in [2.75, 3.05) is 63.6 Å². The maximum Gasteiger partial charge on any atom is 0.229 e. The predicted octanol–water partition coefficient (Wildman–Crippen LogP) is 3.09. The summed E-state index contributed by atoms with van der Waals surface area (Å²) in [5.41, 5.74) is 2.20. The quantitative estimate of drug-likeness (QED) is 0.563. The second kappa shape index (κ2) is 14.1. The Hall–Kier alpha value is -2.01. The number of benzene rings is 1. The molecular formula is C29H46N4O5S. The summed E-state index contributed by atoms with van der Waals surface area (Å²) >= 11 is 0. The third-order valence-electron chi connectivity index (χ3n) is 8.45. The number of anilines is 1. The van der Waals surface area contributed by atoms with Crippen LogP contribution in [0.1, 0.15) is 63.9 Å². The number of sulfonamides is 1. The standard InChI is InChI=1S/C29H46N4O5S/c1-24(34)33-16-10-6-4-3-5-9-15-31(21-25-11-7-8-12-28(25)33)27-13-17-30(18-14-27)29(35)26-22-32(39(2,36)37)19-20-38-23-26/h7-8,11-12,26-27H,3-6,9-10,13-23H2,1-2H3. The smallest absolute Gasteiger partial charge is 0.229 e. The van der Waals surface area contributed by atoms with Gasteiger partial charge in [0.2, 0.25) is 21.8 Å². The van der Waals surface area contributed by atoms with E-state index in [2.05, 4.69) is 23.1 Å². The number of likely N-dealkylation sites (tertiary alicyclic amines) is 1. The van der Waals surface area contributed by atoms with Gasteiger partial charge in [0.25, 0.3) is 0 Å². The van der Waals surface area contributed by atoms with Gasteiger partial charge in [0, 0.05) is 57.9 Å². The molecule has 1 aromatic carbocycles. The summed E-state index contributed by atoms with van der Waals surface area (Å²) in [5.74, 6) is -0.377. The molecule has 0 bridgehead atoms. The highest BCUT2D eigenvalue weighted by Gasteiger charge is 2.34. The summed E-state index contributed by atoms with van der Waals surface area (Å²) in [6.07, 6.45) is 9.92. The lowest BCUT2D eigenvalue weighted by Gasteiger charge is -2.40. The number of carbonyl (C=O) groups excluding carboxylic acids is 2. The number of nitrogens with zero attached hydrogens (tertiary/aromatic N) is 4. The van der Waals surface area contributed by atoms with Crippen LogP contribution in [0.15, 0.2) is 24.3 Å². The fourth-order valence-corrected chi connectivity index (χ4v) is 7.06. The minimum Gasteiger partial charge on any atom is -0.379 e. The van der Waals surface area contributed by atoms with E-state index < -0.39 is 15.9 Å². The van der Waals surface area contributed by atoms with Crippen molar-refractivity contribution < 1.29 is 22.7 Å². The Morgan fingerprint density at radius 3 is 2.26 bits per heavy atom. The van der Waals surface area contributed by atoms with Gasteiger partial charge in [-0.2, -0.15) is 4.31 Å². The van der Waals surface area contributed by atoms with E-state index in [1.54, 1.807) is 6.92 Å². The molecule has 1 aromatic rings. The van der Waals surface area contributed by atoms with Crippen molar-refractivity contribution in [2.24, 2.45) is 5.92 Å². The number of carbonyl (C=O) groups is 2. The molecule has 10 heteroatoms. The maximum atomic E-state index is 13.4. The lowest BCUT2D eigenvalue weighted by atomic mass is 9.99. The van der Waals surface area contributed by atoms with Crippen LogP contribution in [0.5, 0.6) is 0 Å². The van der Waals surface area contributed by atoms with Crippen molar-refractivity contribution in [3.05, 3.63) is 29.8 Å². The fourth-order valence-electron chi connectivity index (χ4n) is 6.20. The molecule has 9 nitrogen and oxygen atoms in total. The first-order chi connectivity index (χ1) is 18.7. The third-order valence-corrected chi connectivity index (χ3v) is 9.72. The molecular weight excluding hydrogens is 516 g/mol. The second-order valence-electron chi connectivity index (χ2n) is 11.3. The predicted molar refractivity (Wildman–Crippen MR) is 153 cm³/mol. The zero-order valence-corrected chi connectivity index (χ0v) is 24.5. The molecule has 1 unspecified atom stereocenters. The van der Waals surface area contributed by atoms with Crippen LogP contribution in [0.3, 0.4) is 0 Å². The van der Waals surface area contributed by atoms with Crippen LogP contribution in [-0.2, 0) is 30.9 Å². The van der Waals surface area contributed by atoms with E-state index in [1.807, 2.05) is 15.9 Å². The van der Waals surface area contributed by atoms with Crippen molar-refractivity contribution in [3.8, 4) is 0 Å². The van der Waals surface area contributed by atoms with Crippen LogP contribution in [-0.4, -0.2) is 99.1 Å². The Bertz CT molecular complexity index is 1070. The molecule has 0 spiro atoms. The first-order valence-corrected chi connectivity index (χ1v) is 16.5. The van der Waals surface area contributed by atoms with Gasteiger partial charge in [0.05, 0.1) is 25.4 Å². The third kappa shape index (κ3) is 8.25. The number of para-hydroxylation sites is 1. The average molecular weight is 563 g/mol. The molecule has 4 rings (SSSR count). The van der Waals surface area contributed by atoms with Gasteiger partial charge in [-0.3, -0.25) is 14.5 Å². The number of piperidine rings is 1. The number of rotatable bonds is 3. The molecule has 0 N–H and O–H groups in total. The summed E-state index contributed by atoms with van der Waals surface area (Å²) in [6.45, 7) is 6.60. The first kappa shape index (κ1) is 30.0. The van der Waals surface area contributed by atoms with Crippen LogP contribution in [0.2, 0.25) is 0 Å². The molecule has 3 heterocycles. The molecule has 2 amide bonds. The van der Waals surface area contributed by atoms with Gasteiger partial charge in [0.15, 0.2) is 0 Å². The highest BCUT2D eigenvalue weighted by Crippen LogP contribution is 2.28. The Labute approximate surface area is 234 Å². The molecule has 1 atom stereocenters. The van der Waals surface area contributed by atoms with Crippen LogP contribution >= 0.6 is 0 Å². The average Bonchev–Trinajstić information content (AvgIpc) is 3.17. The molecule has 2 saturated heterocycles. The van der Waals surface area contributed by atoms with E-state index in [9.17, 15) is 18.0 Å². The Balaban J connectivity index is 1.44. The van der Waals surface area contributed by atoms with E-state index >= 15 is 0 Å². The van der Waals surface area contributed by atoms with Gasteiger partial charge in [-0.25, -0.2) is 8.42 Å². The van der Waals surface area contributed by atoms with E-state index in [0.29, 0.717) is 32.3 Å². The second-order valence-corrected chi connectivity index (χ2v) is 13.3. The summed E-state index contributed by atoms with van der Waals surface area (Å²) in [5, 5.41) is 0. The zero-order valence-electron chi connectivity index (χ0n) is 23.7. The van der Waals surface area contributed by atoms with Gasteiger partial charge >= 0.3 is 0 Å². The normalized spacial score (nSPS) is 24.1. The minimum atomic E-state index is -3.37. The van der Waals surface area contributed by atoms with Gasteiger partial charge in [-0.1, -0.05) is 43.9 Å². The Morgan fingerprint density at radius 1 is 0.897 bits per heavy atom. The van der Waals surface area contributed by atoms with Crippen molar-refractivity contribution >= 4 is 27.5 Å². The van der Waals surface area contributed by atoms with Gasteiger partial charge in [-0.05, 0) is 43.9 Å². The van der Waals surface area contributed by atoms with Crippen molar-refractivity contribution in [1.82, 2.24) is 14.1 Å². The highest BCUT2D eigenvalue weighted by atomic mass is 32.2. The molecule has 3 aliphatic heterocycles. The van der Waals surface area contributed by atoms with Crippen molar-refractivity contribution in [3.63, 3.8) is 0 Å². The lowest BCUT2D eigenvalue weighted by Crippen LogP contribution is -2.50. The zero-order chi connectivity index (χ0) is 27.8. The summed E-state index contributed by atoms with van der Waals surface area (Å²) in [4.78, 5) is 32.4. The highest BCUT2D eigenvalue weighted by molar-refractivity contribution is 7.88. The van der Waals surface area contributed by atoms with Crippen LogP contribution in [0, 0.1) is 5.92 Å². The van der Waals surface area contributed by atoms with Gasteiger partial charge in [0.1, 0.15) is 0 Å². The van der Waals surface area contributed by atoms with Crippen molar-refractivity contribution in [2.45, 2.75) is 70.9 Å². The van der Waals surface area contributed by atoms with E-state index in [0.717, 1.165) is 57.4 Å². The van der Waals surface area contributed by atoms with Crippen LogP contribution < -0.4 is 4.90 Å². The Morgan fingerprint density at radius 2 is 1.56 bits per heavy atom. The molecule has 0 saturated carbocycles. The van der Waals surface area contributed by atoms with E-state index in [4.69, 9.17) is 4.74 Å². The minimum absolute atomic E-state index is 0.00335. The molecule has 3 aliphatic rings. The lowest BCUT2D eigenvalue weighted by molar-refractivity contribution is -0.138. The summed E-state index contributed by atoms with van der Waals surface area (Å²) in [6, 6.07) is 8.66. The molecule has 218 valence electrons. The van der Waals surface area contributed by atoms with E-state index in [-0.39, 0.29) is 25.0 Å². The fraction of sp³-hybridized carbons (Fsp3) is 0.724. The monoisotopic (exact) mass is 562 g/mol. The maximum absolute atomic E-state index is 13.4. The van der Waals surface area contributed by atoms with Crippen molar-refractivity contribution in [1.29, 1.82) is 0 Å². The Kier molecular flexibility index (Phi) is 10.8. The number of ether oxygens (including phenoxy) is 1. The SMILES string of the molecule is CC(=O)N1CCCCCCCCN(C2CCN(C(=O)C3COCCN(S(C)(=O)=O)C3)CC2)Cc2ccccc21. The summed E-state index contributed by atoms with van der Waals surface area (Å²) < 4.78 is 31.2. The number of hydrogen-bond donors (Lipinski definition) is 0. The summed E-state index contributed by atoms with van der Waals surface area (Å²) in [7, 11) is -3.37. The first-order valence-electron chi connectivity index (χ1n) is 14.7. The molecule has 0 aromatic heterocycles. The topological polar surface area (TPSA) is 90.5 Å². The molecule has 0 aliphatic carbocycles. The number of fused-ring (bicyclic) bond motifs is 1. The largest absolute Gasteiger partial charge is 0.379 e. The molecule has 2 fully saturated rings. The van der Waals surface area contributed by atoms with E-state index in [1.165, 1.54) is 35.4 Å². The molecule has 0 radical (unpaired) electrons. The number of amides is 2. The van der Waals surface area contributed by atoms with Crippen LogP contribution in [0.4, 0.5) is 5.69 Å².